The summed E-state index contributed by atoms with van der Waals surface area (Å²) in [6, 6.07) is 10.3. The van der Waals surface area contributed by atoms with Gasteiger partial charge in [0.05, 0.1) is 16.4 Å². The number of nitrogens with zero attached hydrogens (tertiary/aromatic N) is 1. The van der Waals surface area contributed by atoms with Crippen molar-refractivity contribution >= 4 is 15.7 Å². The molecule has 0 saturated heterocycles. The molecule has 25 heavy (non-hydrogen) atoms. The maximum absolute atomic E-state index is 13.3. The van der Waals surface area contributed by atoms with Crippen LogP contribution in [-0.4, -0.2) is 26.5 Å². The number of rotatable bonds is 6. The lowest BCUT2D eigenvalue weighted by Gasteiger charge is -2.03. The largest absolute Gasteiger partial charge is 0.478 e. The quantitative estimate of drug-likeness (QED) is 0.481. The molecule has 2 rings (SSSR count). The molecule has 7 nitrogen and oxygen atoms in total. The van der Waals surface area contributed by atoms with Crippen molar-refractivity contribution < 1.29 is 22.5 Å². The molecule has 0 unspecified atom stereocenters. The zero-order chi connectivity index (χ0) is 18.3. The van der Waals surface area contributed by atoms with Gasteiger partial charge in [-0.05, 0) is 24.3 Å². The van der Waals surface area contributed by atoms with Crippen molar-refractivity contribution in [1.82, 2.24) is 4.72 Å². The number of benzene rings is 2. The lowest BCUT2D eigenvalue weighted by molar-refractivity contribution is -0.384. The molecule has 130 valence electrons. The molecule has 0 aromatic heterocycles. The second kappa shape index (κ2) is 8.23. The van der Waals surface area contributed by atoms with E-state index in [9.17, 15) is 22.9 Å². The van der Waals surface area contributed by atoms with Crippen molar-refractivity contribution in [3.05, 3.63) is 64.5 Å². The number of sulfonamides is 1. The van der Waals surface area contributed by atoms with E-state index >= 15 is 0 Å². The topological polar surface area (TPSA) is 98.5 Å². The van der Waals surface area contributed by atoms with Crippen LogP contribution in [0.4, 0.5) is 10.1 Å². The fourth-order valence-electron chi connectivity index (χ4n) is 1.75. The third kappa shape index (κ3) is 5.27. The summed E-state index contributed by atoms with van der Waals surface area (Å²) in [6.07, 6.45) is 0. The van der Waals surface area contributed by atoms with Crippen molar-refractivity contribution in [1.29, 1.82) is 0 Å². The molecule has 0 radical (unpaired) electrons. The van der Waals surface area contributed by atoms with Gasteiger partial charge in [-0.3, -0.25) is 10.1 Å². The molecule has 2 aromatic carbocycles. The minimum absolute atomic E-state index is 0.0586. The molecular formula is C16H13FN2O5S. The van der Waals surface area contributed by atoms with Crippen molar-refractivity contribution in [2.75, 3.05) is 13.2 Å². The minimum Gasteiger partial charge on any atom is -0.478 e. The number of halogens is 1. The smallest absolute Gasteiger partial charge is 0.269 e. The second-order valence-corrected chi connectivity index (χ2v) is 6.42. The highest BCUT2D eigenvalue weighted by Crippen LogP contribution is 2.16. The monoisotopic (exact) mass is 364 g/mol. The van der Waals surface area contributed by atoms with Crippen molar-refractivity contribution in [2.45, 2.75) is 4.90 Å². The fraction of sp³-hybridized carbons (Fsp3) is 0.125. The lowest BCUT2D eigenvalue weighted by atomic mass is 10.3. The first kappa shape index (κ1) is 18.4. The van der Waals surface area contributed by atoms with E-state index in [4.69, 9.17) is 4.74 Å². The van der Waals surface area contributed by atoms with Crippen LogP contribution in [0.1, 0.15) is 0 Å². The van der Waals surface area contributed by atoms with E-state index in [1.807, 2.05) is 0 Å². The van der Waals surface area contributed by atoms with Crippen LogP contribution >= 0.6 is 0 Å². The standard InChI is InChI=1S/C16H13FN2O5S/c17-15-5-1-2-6-16(15)24-12-4-3-11-18-25(22,23)14-9-7-13(8-10-14)19(20)21/h1-2,5-10,18H,11-12H2. The van der Waals surface area contributed by atoms with Gasteiger partial charge in [0.2, 0.25) is 10.0 Å². The molecule has 0 amide bonds. The van der Waals surface area contributed by atoms with E-state index in [2.05, 4.69) is 16.6 Å². The second-order valence-electron chi connectivity index (χ2n) is 4.65. The van der Waals surface area contributed by atoms with Crippen LogP contribution in [0.5, 0.6) is 5.75 Å². The van der Waals surface area contributed by atoms with Crippen LogP contribution in [0.25, 0.3) is 0 Å². The summed E-state index contributed by atoms with van der Waals surface area (Å²) in [7, 11) is -3.82. The van der Waals surface area contributed by atoms with Crippen molar-refractivity contribution in [3.63, 3.8) is 0 Å². The van der Waals surface area contributed by atoms with Gasteiger partial charge in [-0.15, -0.1) is 0 Å². The van der Waals surface area contributed by atoms with Crippen LogP contribution in [0, 0.1) is 27.8 Å². The highest BCUT2D eigenvalue weighted by Gasteiger charge is 2.14. The van der Waals surface area contributed by atoms with Gasteiger partial charge in [-0.25, -0.2) is 12.8 Å². The third-order valence-corrected chi connectivity index (χ3v) is 4.39. The predicted octanol–water partition coefficient (Wildman–Crippen LogP) is 2.09. The van der Waals surface area contributed by atoms with E-state index in [1.54, 1.807) is 6.07 Å². The van der Waals surface area contributed by atoms with Crippen molar-refractivity contribution in [3.8, 4) is 17.6 Å². The molecule has 0 fully saturated rings. The normalized spacial score (nSPS) is 10.6. The van der Waals surface area contributed by atoms with Crippen LogP contribution in [0.2, 0.25) is 0 Å². The van der Waals surface area contributed by atoms with Gasteiger partial charge >= 0.3 is 0 Å². The molecule has 0 aliphatic heterocycles. The van der Waals surface area contributed by atoms with E-state index in [0.29, 0.717) is 0 Å². The number of ether oxygens (including phenoxy) is 1. The first-order valence-electron chi connectivity index (χ1n) is 6.97. The number of para-hydroxylation sites is 1. The number of non-ortho nitro benzene ring substituents is 1. The van der Waals surface area contributed by atoms with E-state index in [1.165, 1.54) is 18.2 Å². The summed E-state index contributed by atoms with van der Waals surface area (Å²) in [5.74, 6) is 4.64. The lowest BCUT2D eigenvalue weighted by Crippen LogP contribution is -2.24. The first-order valence-corrected chi connectivity index (χ1v) is 8.45. The molecule has 0 aliphatic carbocycles. The maximum Gasteiger partial charge on any atom is 0.269 e. The Morgan fingerprint density at radius 2 is 1.80 bits per heavy atom. The molecule has 0 atom stereocenters. The van der Waals surface area contributed by atoms with Gasteiger partial charge < -0.3 is 4.74 Å². The Morgan fingerprint density at radius 1 is 1.12 bits per heavy atom. The third-order valence-electron chi connectivity index (χ3n) is 2.97. The highest BCUT2D eigenvalue weighted by atomic mass is 32.2. The van der Waals surface area contributed by atoms with Crippen LogP contribution in [0.3, 0.4) is 0 Å². The van der Waals surface area contributed by atoms with Gasteiger partial charge in [-0.1, -0.05) is 24.0 Å². The fourth-order valence-corrected chi connectivity index (χ4v) is 2.67. The summed E-state index contributed by atoms with van der Waals surface area (Å²) in [5.41, 5.74) is -0.205. The Bertz CT molecular complexity index is 918. The molecule has 0 bridgehead atoms. The Labute approximate surface area is 143 Å². The molecular weight excluding hydrogens is 351 g/mol. The van der Waals surface area contributed by atoms with E-state index < -0.39 is 20.8 Å². The minimum atomic E-state index is -3.82. The Hall–Kier alpha value is -2.96. The number of nitrogens with one attached hydrogen (secondary N) is 1. The van der Waals surface area contributed by atoms with Gasteiger partial charge in [0.25, 0.3) is 5.69 Å². The Morgan fingerprint density at radius 3 is 2.44 bits per heavy atom. The van der Waals surface area contributed by atoms with Crippen LogP contribution < -0.4 is 9.46 Å². The zero-order valence-corrected chi connectivity index (χ0v) is 13.6. The molecule has 9 heteroatoms. The number of nitro benzene ring substituents is 1. The average Bonchev–Trinajstić information content (AvgIpc) is 2.59. The summed E-state index contributed by atoms with van der Waals surface area (Å²) in [6.45, 7) is -0.278. The zero-order valence-electron chi connectivity index (χ0n) is 12.8. The molecule has 0 heterocycles. The van der Waals surface area contributed by atoms with Crippen molar-refractivity contribution in [2.24, 2.45) is 0 Å². The van der Waals surface area contributed by atoms with Gasteiger partial charge in [0.1, 0.15) is 6.61 Å². The average molecular weight is 364 g/mol. The first-order chi connectivity index (χ1) is 11.9. The van der Waals surface area contributed by atoms with Gasteiger partial charge in [-0.2, -0.15) is 4.72 Å². The van der Waals surface area contributed by atoms with Crippen LogP contribution in [0.15, 0.2) is 53.4 Å². The number of hydrogen-bond acceptors (Lipinski definition) is 5. The van der Waals surface area contributed by atoms with Crippen LogP contribution in [-0.2, 0) is 10.0 Å². The van der Waals surface area contributed by atoms with E-state index in [-0.39, 0.29) is 29.5 Å². The summed E-state index contributed by atoms with van der Waals surface area (Å²) >= 11 is 0. The van der Waals surface area contributed by atoms with Gasteiger partial charge in [0.15, 0.2) is 11.6 Å². The summed E-state index contributed by atoms with van der Waals surface area (Å²) in [5, 5.41) is 10.5. The molecule has 0 aliphatic rings. The number of nitro groups is 1. The highest BCUT2D eigenvalue weighted by molar-refractivity contribution is 7.89. The Kier molecular flexibility index (Phi) is 6.05. The molecule has 0 saturated carbocycles. The Balaban J connectivity index is 1.86. The molecule has 0 spiro atoms. The SMILES string of the molecule is O=[N+]([O-])c1ccc(S(=O)(=O)NCC#CCOc2ccccc2F)cc1. The summed E-state index contributed by atoms with van der Waals surface area (Å²) < 4.78 is 44.6. The predicted molar refractivity (Wildman–Crippen MR) is 88.0 cm³/mol. The molecule has 1 N–H and O–H groups in total. The maximum atomic E-state index is 13.3. The molecule has 2 aromatic rings. The van der Waals surface area contributed by atoms with Gasteiger partial charge in [0, 0.05) is 12.1 Å². The summed E-state index contributed by atoms with van der Waals surface area (Å²) in [4.78, 5) is 9.82. The van der Waals surface area contributed by atoms with E-state index in [0.717, 1.165) is 24.3 Å². The number of hydrogen-bond donors (Lipinski definition) is 1.